The zero-order valence-electron chi connectivity index (χ0n) is 14.3. The summed E-state index contributed by atoms with van der Waals surface area (Å²) in [5.74, 6) is -1.77. The normalized spacial score (nSPS) is 10.9. The van der Waals surface area contributed by atoms with Crippen LogP contribution in [0.25, 0.3) is 0 Å². The highest BCUT2D eigenvalue weighted by Gasteiger charge is 2.35. The van der Waals surface area contributed by atoms with Crippen LogP contribution in [0, 0.1) is 10.1 Å². The Labute approximate surface area is 156 Å². The van der Waals surface area contributed by atoms with E-state index in [0.717, 1.165) is 12.1 Å². The maximum absolute atomic E-state index is 13.1. The Morgan fingerprint density at radius 3 is 2.46 bits per heavy atom. The van der Waals surface area contributed by atoms with Crippen molar-refractivity contribution in [1.29, 1.82) is 0 Å². The number of carbonyl (C=O) groups excluding carboxylic acids is 2. The second kappa shape index (κ2) is 8.37. The number of non-ortho nitro benzene ring substituents is 1. The number of amides is 1. The van der Waals surface area contributed by atoms with E-state index in [2.05, 4.69) is 0 Å². The maximum atomic E-state index is 13.1. The van der Waals surface area contributed by atoms with E-state index >= 15 is 0 Å². The number of hydrogen-bond donors (Lipinski definition) is 1. The summed E-state index contributed by atoms with van der Waals surface area (Å²) < 4.78 is 49.0. The number of hydrogen-bond acceptors (Lipinski definition) is 6. The number of ether oxygens (including phenoxy) is 2. The van der Waals surface area contributed by atoms with E-state index in [1.54, 1.807) is 6.07 Å². The van der Waals surface area contributed by atoms with Crippen LogP contribution in [0.5, 0.6) is 5.75 Å². The molecule has 0 heterocycles. The zero-order valence-corrected chi connectivity index (χ0v) is 14.3. The monoisotopic (exact) mass is 398 g/mol. The number of alkyl halides is 3. The van der Waals surface area contributed by atoms with E-state index in [-0.39, 0.29) is 11.3 Å². The van der Waals surface area contributed by atoms with Gasteiger partial charge in [0.2, 0.25) is 0 Å². The van der Waals surface area contributed by atoms with Crippen LogP contribution in [0.1, 0.15) is 15.9 Å². The average Bonchev–Trinajstić information content (AvgIpc) is 2.65. The highest BCUT2D eigenvalue weighted by atomic mass is 19.4. The Bertz CT molecular complexity index is 914. The van der Waals surface area contributed by atoms with Gasteiger partial charge in [0.15, 0.2) is 6.61 Å². The van der Waals surface area contributed by atoms with E-state index in [1.807, 2.05) is 5.32 Å². The molecule has 0 saturated heterocycles. The minimum atomic E-state index is -4.94. The van der Waals surface area contributed by atoms with E-state index in [1.165, 1.54) is 25.3 Å². The second-order valence-corrected chi connectivity index (χ2v) is 5.31. The lowest BCUT2D eigenvalue weighted by molar-refractivity contribution is -0.385. The Hall–Kier alpha value is -3.63. The molecule has 0 aromatic heterocycles. The molecule has 0 radical (unpaired) electrons. The number of rotatable bonds is 6. The van der Waals surface area contributed by atoms with Crippen molar-refractivity contribution >= 4 is 23.3 Å². The molecule has 2 aromatic rings. The standard InChI is InChI=1S/C17H13F3N2O6/c1-27-14-5-3-2-4-11(14)16(24)28-9-15(23)21-13-7-6-10(22(25)26)8-12(13)17(18,19)20/h2-8H,9H2,1H3,(H,21,23). The first-order valence-electron chi connectivity index (χ1n) is 7.59. The summed E-state index contributed by atoms with van der Waals surface area (Å²) in [5, 5.41) is 12.6. The molecule has 0 unspecified atom stereocenters. The molecule has 28 heavy (non-hydrogen) atoms. The smallest absolute Gasteiger partial charge is 0.418 e. The minimum Gasteiger partial charge on any atom is -0.496 e. The maximum Gasteiger partial charge on any atom is 0.418 e. The van der Waals surface area contributed by atoms with Crippen LogP contribution < -0.4 is 10.1 Å². The fraction of sp³-hybridized carbons (Fsp3) is 0.176. The molecular weight excluding hydrogens is 385 g/mol. The van der Waals surface area contributed by atoms with Crippen molar-refractivity contribution in [3.8, 4) is 5.75 Å². The Morgan fingerprint density at radius 2 is 1.86 bits per heavy atom. The Balaban J connectivity index is 2.11. The number of nitrogens with one attached hydrogen (secondary N) is 1. The highest BCUT2D eigenvalue weighted by molar-refractivity contribution is 5.97. The third-order valence-electron chi connectivity index (χ3n) is 3.45. The van der Waals surface area contributed by atoms with Crippen molar-refractivity contribution < 1.29 is 37.2 Å². The fourth-order valence-electron chi connectivity index (χ4n) is 2.20. The highest BCUT2D eigenvalue weighted by Crippen LogP contribution is 2.37. The number of carbonyl (C=O) groups is 2. The van der Waals surface area contributed by atoms with Gasteiger partial charge in [-0.25, -0.2) is 4.79 Å². The van der Waals surface area contributed by atoms with Crippen molar-refractivity contribution in [3.63, 3.8) is 0 Å². The van der Waals surface area contributed by atoms with Crippen molar-refractivity contribution in [2.45, 2.75) is 6.18 Å². The molecule has 0 aliphatic heterocycles. The first kappa shape index (κ1) is 20.7. The van der Waals surface area contributed by atoms with E-state index in [0.29, 0.717) is 6.07 Å². The number of esters is 1. The second-order valence-electron chi connectivity index (χ2n) is 5.31. The quantitative estimate of drug-likeness (QED) is 0.454. The van der Waals surface area contributed by atoms with Gasteiger partial charge in [-0.3, -0.25) is 14.9 Å². The lowest BCUT2D eigenvalue weighted by Gasteiger charge is -2.14. The molecule has 0 atom stereocenters. The van der Waals surface area contributed by atoms with Crippen LogP contribution in [0.3, 0.4) is 0 Å². The van der Waals surface area contributed by atoms with Gasteiger partial charge in [-0.15, -0.1) is 0 Å². The predicted molar refractivity (Wildman–Crippen MR) is 90.0 cm³/mol. The van der Waals surface area contributed by atoms with Gasteiger partial charge in [-0.05, 0) is 18.2 Å². The number of halogens is 3. The summed E-state index contributed by atoms with van der Waals surface area (Å²) in [7, 11) is 1.33. The van der Waals surface area contributed by atoms with Gasteiger partial charge in [-0.2, -0.15) is 13.2 Å². The van der Waals surface area contributed by atoms with Crippen LogP contribution in [-0.2, 0) is 15.7 Å². The Morgan fingerprint density at radius 1 is 1.18 bits per heavy atom. The Kier molecular flexibility index (Phi) is 6.18. The topological polar surface area (TPSA) is 108 Å². The summed E-state index contributed by atoms with van der Waals surface area (Å²) in [6.45, 7) is -0.870. The van der Waals surface area contributed by atoms with Gasteiger partial charge < -0.3 is 14.8 Å². The van der Waals surface area contributed by atoms with E-state index in [4.69, 9.17) is 9.47 Å². The number of benzene rings is 2. The molecule has 148 valence electrons. The number of para-hydroxylation sites is 1. The van der Waals surface area contributed by atoms with Gasteiger partial charge in [-0.1, -0.05) is 12.1 Å². The first-order chi connectivity index (χ1) is 13.1. The SMILES string of the molecule is COc1ccccc1C(=O)OCC(=O)Nc1ccc([N+](=O)[O-])cc1C(F)(F)F. The third kappa shape index (κ3) is 4.96. The largest absolute Gasteiger partial charge is 0.496 e. The summed E-state index contributed by atoms with van der Waals surface area (Å²) >= 11 is 0. The fourth-order valence-corrected chi connectivity index (χ4v) is 2.20. The van der Waals surface area contributed by atoms with Crippen molar-refractivity contribution in [2.24, 2.45) is 0 Å². The van der Waals surface area contributed by atoms with Crippen molar-refractivity contribution in [3.05, 3.63) is 63.7 Å². The lowest BCUT2D eigenvalue weighted by atomic mass is 10.1. The summed E-state index contributed by atoms with van der Waals surface area (Å²) in [4.78, 5) is 33.5. The molecule has 2 rings (SSSR count). The predicted octanol–water partition coefficient (Wildman–Crippen LogP) is 3.42. The summed E-state index contributed by atoms with van der Waals surface area (Å²) in [6, 6.07) is 7.88. The van der Waals surface area contributed by atoms with Gasteiger partial charge in [0, 0.05) is 12.1 Å². The molecule has 1 amide bonds. The molecule has 0 aliphatic rings. The number of methoxy groups -OCH3 is 1. The zero-order chi connectivity index (χ0) is 20.9. The summed E-state index contributed by atoms with van der Waals surface area (Å²) in [5.41, 5.74) is -2.85. The summed E-state index contributed by atoms with van der Waals surface area (Å²) in [6.07, 6.45) is -4.94. The van der Waals surface area contributed by atoms with Gasteiger partial charge >= 0.3 is 12.1 Å². The van der Waals surface area contributed by atoms with E-state index in [9.17, 15) is 32.9 Å². The molecule has 2 aromatic carbocycles. The third-order valence-corrected chi connectivity index (χ3v) is 3.45. The van der Waals surface area contributed by atoms with Crippen molar-refractivity contribution in [2.75, 3.05) is 19.0 Å². The molecule has 11 heteroatoms. The molecule has 1 N–H and O–H groups in total. The molecule has 0 saturated carbocycles. The molecular formula is C17H13F3N2O6. The number of nitrogens with zero attached hydrogens (tertiary/aromatic N) is 1. The average molecular weight is 398 g/mol. The van der Waals surface area contributed by atoms with Crippen LogP contribution >= 0.6 is 0 Å². The first-order valence-corrected chi connectivity index (χ1v) is 7.59. The van der Waals surface area contributed by atoms with Crippen LogP contribution in [0.4, 0.5) is 24.5 Å². The molecule has 0 bridgehead atoms. The molecule has 0 spiro atoms. The van der Waals surface area contributed by atoms with Crippen LogP contribution in [-0.4, -0.2) is 30.5 Å². The molecule has 8 nitrogen and oxygen atoms in total. The molecule has 0 aliphatic carbocycles. The number of nitro benzene ring substituents is 1. The lowest BCUT2D eigenvalue weighted by Crippen LogP contribution is -2.23. The molecule has 0 fully saturated rings. The number of nitro groups is 1. The van der Waals surface area contributed by atoms with Gasteiger partial charge in [0.05, 0.1) is 23.3 Å². The van der Waals surface area contributed by atoms with Crippen LogP contribution in [0.2, 0.25) is 0 Å². The minimum absolute atomic E-state index is 0.0316. The number of anilines is 1. The van der Waals surface area contributed by atoms with E-state index < -0.39 is 46.5 Å². The van der Waals surface area contributed by atoms with Crippen LogP contribution in [0.15, 0.2) is 42.5 Å². The van der Waals surface area contributed by atoms with Gasteiger partial charge in [0.25, 0.3) is 11.6 Å². The van der Waals surface area contributed by atoms with Crippen molar-refractivity contribution in [1.82, 2.24) is 0 Å². The van der Waals surface area contributed by atoms with Gasteiger partial charge in [0.1, 0.15) is 11.3 Å².